The summed E-state index contributed by atoms with van der Waals surface area (Å²) in [6.45, 7) is 1.39. The fraction of sp³-hybridized carbons (Fsp3) is 0.833. The van der Waals surface area contributed by atoms with E-state index < -0.39 is 0 Å². The lowest BCUT2D eigenvalue weighted by atomic mass is 10.2. The molecule has 0 aromatic rings. The molecule has 4 nitrogen and oxygen atoms in total. The Bertz CT molecular complexity index is 138. The van der Waals surface area contributed by atoms with Crippen LogP contribution in [0.15, 0.2) is 0 Å². The number of carbonyl (C=O) groups excluding carboxylic acids is 1. The van der Waals surface area contributed by atoms with Crippen molar-refractivity contribution in [3.63, 3.8) is 0 Å². The van der Waals surface area contributed by atoms with Gasteiger partial charge in [-0.25, -0.2) is 0 Å². The van der Waals surface area contributed by atoms with E-state index in [1.807, 2.05) is 0 Å². The highest BCUT2D eigenvalue weighted by Crippen LogP contribution is 1.96. The first-order valence-corrected chi connectivity index (χ1v) is 3.35. The molecule has 1 unspecified atom stereocenters. The van der Waals surface area contributed by atoms with Gasteiger partial charge in [0.05, 0.1) is 6.61 Å². The zero-order valence-electron chi connectivity index (χ0n) is 6.00. The minimum absolute atomic E-state index is 0.0197. The smallest absolute Gasteiger partial charge is 0.241 e. The van der Waals surface area contributed by atoms with Crippen LogP contribution in [-0.2, 0) is 4.79 Å². The maximum atomic E-state index is 11.1. The molecule has 1 fully saturated rings. The van der Waals surface area contributed by atoms with Crippen LogP contribution in [0.4, 0.5) is 0 Å². The molecular formula is C6H12N2O2. The van der Waals surface area contributed by atoms with Gasteiger partial charge in [-0.2, -0.15) is 0 Å². The number of amides is 1. The van der Waals surface area contributed by atoms with E-state index in [4.69, 9.17) is 5.11 Å². The number of hydrogen-bond donors (Lipinski definition) is 2. The number of piperazine rings is 1. The lowest BCUT2D eigenvalue weighted by Crippen LogP contribution is -2.54. The van der Waals surface area contributed by atoms with E-state index in [9.17, 15) is 4.79 Å². The fourth-order valence-electron chi connectivity index (χ4n) is 1.01. The molecule has 1 heterocycles. The Morgan fingerprint density at radius 1 is 1.90 bits per heavy atom. The highest BCUT2D eigenvalue weighted by molar-refractivity contribution is 5.82. The minimum Gasteiger partial charge on any atom is -0.394 e. The Morgan fingerprint density at radius 3 is 3.10 bits per heavy atom. The van der Waals surface area contributed by atoms with Crippen LogP contribution in [0.25, 0.3) is 0 Å². The summed E-state index contributed by atoms with van der Waals surface area (Å²) in [4.78, 5) is 12.7. The number of aliphatic hydroxyl groups excluding tert-OH is 1. The maximum Gasteiger partial charge on any atom is 0.241 e. The fourth-order valence-corrected chi connectivity index (χ4v) is 1.01. The second-order valence-electron chi connectivity index (χ2n) is 2.45. The van der Waals surface area contributed by atoms with Crippen molar-refractivity contribution in [1.82, 2.24) is 10.2 Å². The molecule has 1 amide bonds. The van der Waals surface area contributed by atoms with Gasteiger partial charge in [0.15, 0.2) is 0 Å². The number of nitrogens with one attached hydrogen (secondary N) is 1. The molecule has 1 aliphatic rings. The van der Waals surface area contributed by atoms with Crippen LogP contribution >= 0.6 is 0 Å². The highest BCUT2D eigenvalue weighted by Gasteiger charge is 2.24. The summed E-state index contributed by atoms with van der Waals surface area (Å²) in [6.07, 6.45) is 0. The molecule has 0 bridgehead atoms. The van der Waals surface area contributed by atoms with Gasteiger partial charge in [0.1, 0.15) is 6.04 Å². The van der Waals surface area contributed by atoms with Crippen LogP contribution < -0.4 is 5.32 Å². The number of hydrogen-bond acceptors (Lipinski definition) is 3. The first-order valence-electron chi connectivity index (χ1n) is 3.35. The molecule has 58 valence electrons. The maximum absolute atomic E-state index is 11.1. The molecule has 0 aliphatic carbocycles. The van der Waals surface area contributed by atoms with Crippen LogP contribution in [0.1, 0.15) is 0 Å². The van der Waals surface area contributed by atoms with E-state index in [0.717, 1.165) is 13.1 Å². The molecule has 0 radical (unpaired) electrons. The zero-order chi connectivity index (χ0) is 7.56. The van der Waals surface area contributed by atoms with E-state index in [-0.39, 0.29) is 18.6 Å². The largest absolute Gasteiger partial charge is 0.394 e. The summed E-state index contributed by atoms with van der Waals surface area (Å²) in [5.74, 6) is -0.0197. The van der Waals surface area contributed by atoms with Crippen molar-refractivity contribution >= 4 is 5.91 Å². The topological polar surface area (TPSA) is 52.6 Å². The van der Waals surface area contributed by atoms with Crippen molar-refractivity contribution < 1.29 is 9.90 Å². The van der Waals surface area contributed by atoms with E-state index in [1.54, 1.807) is 11.9 Å². The minimum atomic E-state index is -0.376. The molecule has 1 saturated heterocycles. The normalized spacial score (nSPS) is 27.2. The molecule has 2 N–H and O–H groups in total. The predicted molar refractivity (Wildman–Crippen MR) is 36.5 cm³/mol. The average Bonchev–Trinajstić information content (AvgIpc) is 1.95. The summed E-state index contributed by atoms with van der Waals surface area (Å²) in [5, 5.41) is 11.6. The summed E-state index contributed by atoms with van der Waals surface area (Å²) < 4.78 is 0. The molecule has 1 atom stereocenters. The third-order valence-electron chi connectivity index (χ3n) is 1.69. The highest BCUT2D eigenvalue weighted by atomic mass is 16.3. The van der Waals surface area contributed by atoms with Crippen molar-refractivity contribution in [2.45, 2.75) is 6.04 Å². The van der Waals surface area contributed by atoms with Gasteiger partial charge in [-0.15, -0.1) is 0 Å². The number of nitrogens with zero attached hydrogens (tertiary/aromatic N) is 1. The van der Waals surface area contributed by atoms with Gasteiger partial charge >= 0.3 is 0 Å². The first-order chi connectivity index (χ1) is 4.75. The van der Waals surface area contributed by atoms with E-state index >= 15 is 0 Å². The SMILES string of the molecule is CN1CCNC(CO)C1=O. The Labute approximate surface area is 59.8 Å². The summed E-state index contributed by atoms with van der Waals surface area (Å²) in [7, 11) is 1.74. The van der Waals surface area contributed by atoms with Gasteiger partial charge in [0.25, 0.3) is 0 Å². The van der Waals surface area contributed by atoms with Crippen LogP contribution in [0.2, 0.25) is 0 Å². The van der Waals surface area contributed by atoms with Gasteiger partial charge in [-0.3, -0.25) is 4.79 Å². The summed E-state index contributed by atoms with van der Waals surface area (Å²) in [6, 6.07) is -0.376. The van der Waals surface area contributed by atoms with Gasteiger partial charge in [0, 0.05) is 20.1 Å². The number of aliphatic hydroxyl groups is 1. The van der Waals surface area contributed by atoms with E-state index in [2.05, 4.69) is 5.32 Å². The zero-order valence-corrected chi connectivity index (χ0v) is 6.00. The number of likely N-dealkylation sites (N-methyl/N-ethyl adjacent to an activating group) is 1. The molecular weight excluding hydrogens is 132 g/mol. The Kier molecular flexibility index (Phi) is 2.24. The molecule has 1 rings (SSSR count). The molecule has 4 heteroatoms. The molecule has 0 saturated carbocycles. The van der Waals surface area contributed by atoms with Crippen molar-refractivity contribution in [3.8, 4) is 0 Å². The second kappa shape index (κ2) is 2.98. The third-order valence-corrected chi connectivity index (χ3v) is 1.69. The number of carbonyl (C=O) groups is 1. The second-order valence-corrected chi connectivity index (χ2v) is 2.45. The first kappa shape index (κ1) is 7.50. The van der Waals surface area contributed by atoms with E-state index in [0.29, 0.717) is 0 Å². The van der Waals surface area contributed by atoms with Gasteiger partial charge in [-0.05, 0) is 0 Å². The number of rotatable bonds is 1. The average molecular weight is 144 g/mol. The van der Waals surface area contributed by atoms with Gasteiger partial charge in [0.2, 0.25) is 5.91 Å². The van der Waals surface area contributed by atoms with E-state index in [1.165, 1.54) is 0 Å². The lowest BCUT2D eigenvalue weighted by molar-refractivity contribution is -0.135. The third kappa shape index (κ3) is 1.27. The molecule has 0 aromatic heterocycles. The quantitative estimate of drug-likeness (QED) is 0.466. The van der Waals surface area contributed by atoms with Gasteiger partial charge < -0.3 is 15.3 Å². The van der Waals surface area contributed by atoms with Crippen LogP contribution in [0.5, 0.6) is 0 Å². The predicted octanol–water partition coefficient (Wildman–Crippen LogP) is -1.59. The van der Waals surface area contributed by atoms with Crippen LogP contribution in [0, 0.1) is 0 Å². The molecule has 1 aliphatic heterocycles. The Balaban J connectivity index is 2.51. The van der Waals surface area contributed by atoms with Crippen molar-refractivity contribution in [2.24, 2.45) is 0 Å². The van der Waals surface area contributed by atoms with Crippen molar-refractivity contribution in [3.05, 3.63) is 0 Å². The Morgan fingerprint density at radius 2 is 2.60 bits per heavy atom. The van der Waals surface area contributed by atoms with Gasteiger partial charge in [-0.1, -0.05) is 0 Å². The molecule has 0 spiro atoms. The molecule has 0 aromatic carbocycles. The summed E-state index contributed by atoms with van der Waals surface area (Å²) in [5.41, 5.74) is 0. The monoisotopic (exact) mass is 144 g/mol. The Hall–Kier alpha value is -0.610. The van der Waals surface area contributed by atoms with Crippen LogP contribution in [0.3, 0.4) is 0 Å². The summed E-state index contributed by atoms with van der Waals surface area (Å²) >= 11 is 0. The van der Waals surface area contributed by atoms with Crippen LogP contribution in [-0.4, -0.2) is 48.7 Å². The molecule has 10 heavy (non-hydrogen) atoms. The standard InChI is InChI=1S/C6H12N2O2/c1-8-3-2-7-5(4-9)6(8)10/h5,7,9H,2-4H2,1H3. The van der Waals surface area contributed by atoms with Crippen molar-refractivity contribution in [2.75, 3.05) is 26.7 Å². The lowest BCUT2D eigenvalue weighted by Gasteiger charge is -2.28. The van der Waals surface area contributed by atoms with Crippen molar-refractivity contribution in [1.29, 1.82) is 0 Å².